The maximum Gasteiger partial charge on any atom is 0.481 e. The van der Waals surface area contributed by atoms with Gasteiger partial charge in [-0.25, -0.2) is 0 Å². The lowest BCUT2D eigenvalue weighted by molar-refractivity contribution is -0.199. The Balaban J connectivity index is 1.08. The number of aromatic nitrogens is 1. The Kier molecular flexibility index (Phi) is 7.15. The third kappa shape index (κ3) is 5.03. The van der Waals surface area contributed by atoms with Crippen molar-refractivity contribution in [3.05, 3.63) is 59.9 Å². The fraction of sp³-hybridized carbons (Fsp3) is 0.581. The van der Waals surface area contributed by atoms with Gasteiger partial charge in [0.15, 0.2) is 0 Å². The third-order valence-electron chi connectivity index (χ3n) is 9.59. The predicted octanol–water partition coefficient (Wildman–Crippen LogP) is 4.95. The van der Waals surface area contributed by atoms with E-state index < -0.39 is 13.2 Å². The number of ether oxygens (including phenoxy) is 1. The number of pyridine rings is 1. The quantitative estimate of drug-likeness (QED) is 0.449. The van der Waals surface area contributed by atoms with Gasteiger partial charge in [-0.15, -0.1) is 0 Å². The fourth-order valence-corrected chi connectivity index (χ4v) is 7.19. The van der Waals surface area contributed by atoms with Gasteiger partial charge in [-0.3, -0.25) is 9.78 Å². The first kappa shape index (κ1) is 27.3. The van der Waals surface area contributed by atoms with Crippen LogP contribution in [0.1, 0.15) is 71.6 Å². The van der Waals surface area contributed by atoms with Gasteiger partial charge in [0.05, 0.1) is 29.1 Å². The zero-order chi connectivity index (χ0) is 28.1. The molecular weight excluding hydrogens is 505 g/mol. The van der Waals surface area contributed by atoms with Crippen LogP contribution in [0.25, 0.3) is 0 Å². The third-order valence-corrected chi connectivity index (χ3v) is 9.59. The highest BCUT2D eigenvalue weighted by molar-refractivity contribution is 6.48. The van der Waals surface area contributed by atoms with Crippen molar-refractivity contribution in [3.63, 3.8) is 0 Å². The maximum atomic E-state index is 13.4. The molecule has 1 N–H and O–H groups in total. The number of amides is 1. The Morgan fingerprint density at radius 3 is 2.77 bits per heavy atom. The van der Waals surface area contributed by atoms with Crippen LogP contribution in [0.15, 0.2) is 53.8 Å². The molecule has 3 heterocycles. The van der Waals surface area contributed by atoms with E-state index in [1.807, 2.05) is 42.5 Å². The van der Waals surface area contributed by atoms with Crippen LogP contribution < -0.4 is 10.1 Å². The largest absolute Gasteiger partial charge is 0.487 e. The number of benzene rings is 1. The number of carbonyl (C=O) groups excluding carboxylic acids is 1. The normalized spacial score (nSPS) is 30.6. The van der Waals surface area contributed by atoms with Crippen molar-refractivity contribution in [3.8, 4) is 5.75 Å². The summed E-state index contributed by atoms with van der Waals surface area (Å²) < 4.78 is 19.1. The van der Waals surface area contributed by atoms with Crippen molar-refractivity contribution in [2.24, 2.45) is 28.3 Å². The summed E-state index contributed by atoms with van der Waals surface area (Å²) in [5, 5.41) is 7.47. The Bertz CT molecular complexity index is 1270. The molecule has 6 atom stereocenters. The van der Waals surface area contributed by atoms with E-state index in [2.05, 4.69) is 50.1 Å². The highest BCUT2D eigenvalue weighted by Gasteiger charge is 2.68. The molecule has 3 aliphatic carbocycles. The first-order chi connectivity index (χ1) is 19.1. The van der Waals surface area contributed by atoms with Gasteiger partial charge in [-0.05, 0) is 73.6 Å². The highest BCUT2D eigenvalue weighted by atomic mass is 16.7. The maximum absolute atomic E-state index is 13.4. The number of carbonyl (C=O) groups is 1. The lowest BCUT2D eigenvalue weighted by atomic mass is 9.43. The smallest absolute Gasteiger partial charge is 0.481 e. The van der Waals surface area contributed by atoms with Gasteiger partial charge < -0.3 is 24.2 Å². The summed E-state index contributed by atoms with van der Waals surface area (Å²) in [6.45, 7) is 11.6. The van der Waals surface area contributed by atoms with Crippen LogP contribution in [-0.4, -0.2) is 47.5 Å². The summed E-state index contributed by atoms with van der Waals surface area (Å²) in [5.41, 5.74) is 2.40. The van der Waals surface area contributed by atoms with Crippen molar-refractivity contribution in [2.75, 3.05) is 0 Å². The molecule has 9 heteroatoms. The van der Waals surface area contributed by atoms with Crippen LogP contribution in [0, 0.1) is 23.2 Å². The molecule has 1 aromatic carbocycles. The molecule has 7 rings (SSSR count). The number of hydrogen-bond donors (Lipinski definition) is 1. The molecular formula is C31H40BN3O5. The molecule has 1 unspecified atom stereocenters. The first-order valence-corrected chi connectivity index (χ1v) is 14.6. The molecule has 0 radical (unpaired) electrons. The van der Waals surface area contributed by atoms with Crippen molar-refractivity contribution in [1.82, 2.24) is 10.3 Å². The minimum Gasteiger partial charge on any atom is -0.487 e. The van der Waals surface area contributed by atoms with Crippen LogP contribution in [-0.2, 0) is 25.5 Å². The number of oxime groups is 1. The zero-order valence-electron chi connectivity index (χ0n) is 24.1. The van der Waals surface area contributed by atoms with Gasteiger partial charge in [0.2, 0.25) is 6.10 Å². The number of hydrogen-bond acceptors (Lipinski definition) is 7. The van der Waals surface area contributed by atoms with E-state index in [0.29, 0.717) is 36.5 Å². The summed E-state index contributed by atoms with van der Waals surface area (Å²) in [4.78, 5) is 23.3. The fourth-order valence-electron chi connectivity index (χ4n) is 7.19. The molecule has 2 aliphatic heterocycles. The van der Waals surface area contributed by atoms with Gasteiger partial charge >= 0.3 is 7.12 Å². The molecule has 1 amide bonds. The molecule has 2 bridgehead atoms. The molecule has 4 fully saturated rings. The molecule has 5 aliphatic rings. The average molecular weight is 545 g/mol. The van der Waals surface area contributed by atoms with Gasteiger partial charge in [0, 0.05) is 18.2 Å². The van der Waals surface area contributed by atoms with Gasteiger partial charge in [0.1, 0.15) is 12.4 Å². The Morgan fingerprint density at radius 2 is 2.02 bits per heavy atom. The summed E-state index contributed by atoms with van der Waals surface area (Å²) in [6, 6.07) is 13.4. The first-order valence-electron chi connectivity index (χ1n) is 14.6. The summed E-state index contributed by atoms with van der Waals surface area (Å²) >= 11 is 0. The monoisotopic (exact) mass is 545 g/mol. The number of nitrogens with one attached hydrogen (secondary N) is 1. The second kappa shape index (κ2) is 10.5. The standard InChI is InChI=1S/C31H40BN3O5/c1-19(2)13-28(32-38-27-16-21-15-26(30(21,3)4)31(27,5)40-32)34-29(36)25-17-24(35-39-25)20-9-8-11-23(14-20)37-18-22-10-6-7-12-33-22/h6-12,14,19,21,25-28H,13,15-18H2,1-5H3,(H,34,36)/t21-,25?,26-,27+,28-,31-/m0/s1. The lowest BCUT2D eigenvalue weighted by Gasteiger charge is -2.64. The molecule has 1 aromatic heterocycles. The molecule has 1 saturated heterocycles. The summed E-state index contributed by atoms with van der Waals surface area (Å²) in [6.07, 6.45) is 4.48. The van der Waals surface area contributed by atoms with Gasteiger partial charge in [-0.2, -0.15) is 0 Å². The molecule has 2 aromatic rings. The van der Waals surface area contributed by atoms with E-state index in [9.17, 15) is 4.79 Å². The minimum atomic E-state index is -0.700. The molecule has 8 nitrogen and oxygen atoms in total. The van der Waals surface area contributed by atoms with E-state index in [1.54, 1.807) is 6.20 Å². The number of nitrogens with zero attached hydrogens (tertiary/aromatic N) is 2. The zero-order valence-corrected chi connectivity index (χ0v) is 24.1. The van der Waals surface area contributed by atoms with Gasteiger partial charge in [-0.1, -0.05) is 51.0 Å². The summed E-state index contributed by atoms with van der Waals surface area (Å²) in [5.74, 6) is 1.78. The van der Waals surface area contributed by atoms with Crippen molar-refractivity contribution in [1.29, 1.82) is 0 Å². The Morgan fingerprint density at radius 1 is 1.18 bits per heavy atom. The molecule has 3 saturated carbocycles. The van der Waals surface area contributed by atoms with Crippen LogP contribution >= 0.6 is 0 Å². The van der Waals surface area contributed by atoms with E-state index >= 15 is 0 Å². The molecule has 0 spiro atoms. The van der Waals surface area contributed by atoms with E-state index in [-0.39, 0.29) is 29.0 Å². The summed E-state index contributed by atoms with van der Waals surface area (Å²) in [7, 11) is -0.466. The topological polar surface area (TPSA) is 91.3 Å². The van der Waals surface area contributed by atoms with Crippen molar-refractivity contribution >= 4 is 18.7 Å². The van der Waals surface area contributed by atoms with Crippen LogP contribution in [0.3, 0.4) is 0 Å². The SMILES string of the molecule is CC(C)C[C@H](NC(=O)C1CC(c2cccc(OCc3ccccn3)c2)=NO1)B1O[C@@H]2C[C@@H]3C[C@@H](C3(C)C)[C@]2(C)O1. The van der Waals surface area contributed by atoms with Gasteiger partial charge in [0.25, 0.3) is 5.91 Å². The predicted molar refractivity (Wildman–Crippen MR) is 153 cm³/mol. The van der Waals surface area contributed by atoms with E-state index in [1.165, 1.54) is 6.42 Å². The van der Waals surface area contributed by atoms with E-state index in [4.69, 9.17) is 18.9 Å². The lowest BCUT2D eigenvalue weighted by Crippen LogP contribution is -2.65. The number of rotatable bonds is 9. The average Bonchev–Trinajstić information content (AvgIpc) is 3.57. The van der Waals surface area contributed by atoms with Crippen LogP contribution in [0.5, 0.6) is 5.75 Å². The Labute approximate surface area is 237 Å². The molecule has 212 valence electrons. The Hall–Kier alpha value is -2.91. The van der Waals surface area contributed by atoms with Crippen molar-refractivity contribution in [2.45, 2.75) is 90.7 Å². The second-order valence-corrected chi connectivity index (χ2v) is 13.1. The van der Waals surface area contributed by atoms with Crippen LogP contribution in [0.4, 0.5) is 0 Å². The second-order valence-electron chi connectivity index (χ2n) is 13.1. The highest BCUT2D eigenvalue weighted by Crippen LogP contribution is 2.65. The van der Waals surface area contributed by atoms with Crippen molar-refractivity contribution < 1.29 is 23.7 Å². The minimum absolute atomic E-state index is 0.0747. The van der Waals surface area contributed by atoms with E-state index in [0.717, 1.165) is 29.8 Å². The molecule has 40 heavy (non-hydrogen) atoms. The van der Waals surface area contributed by atoms with Crippen LogP contribution in [0.2, 0.25) is 0 Å².